The normalized spacial score (nSPS) is 11.9. The Bertz CT molecular complexity index is 804. The largest absolute Gasteiger partial charge is 0.479 e. The minimum atomic E-state index is -1.33. The first-order valence-electron chi connectivity index (χ1n) is 6.06. The number of carbonyl (C=O) groups is 2. The van der Waals surface area contributed by atoms with Crippen molar-refractivity contribution in [2.75, 3.05) is 0 Å². The van der Waals surface area contributed by atoms with Crippen LogP contribution in [0.1, 0.15) is 28.9 Å². The molecule has 0 bridgehead atoms. The van der Waals surface area contributed by atoms with Crippen molar-refractivity contribution in [1.29, 1.82) is 0 Å². The number of carboxylic acid groups (broad SMARTS) is 1. The Morgan fingerprint density at radius 2 is 1.81 bits per heavy atom. The number of hydrogen-bond donors (Lipinski definition) is 2. The van der Waals surface area contributed by atoms with Gasteiger partial charge in [0.05, 0.1) is 5.56 Å². The zero-order valence-corrected chi connectivity index (χ0v) is 11.1. The number of carbonyl (C=O) groups excluding carboxylic acids is 1. The summed E-state index contributed by atoms with van der Waals surface area (Å²) in [7, 11) is 0. The number of aliphatic carboxylic acids is 1. The second-order valence-corrected chi connectivity index (χ2v) is 4.42. The summed E-state index contributed by atoms with van der Waals surface area (Å²) in [6.45, 7) is 1.16. The Hall–Kier alpha value is -2.96. The number of nitrogens with zero attached hydrogens (tertiary/aromatic N) is 1. The highest BCUT2D eigenvalue weighted by atomic mass is 16.4. The molecule has 7 nitrogen and oxygen atoms in total. The fourth-order valence-electron chi connectivity index (χ4n) is 1.99. The van der Waals surface area contributed by atoms with E-state index in [1.807, 2.05) is 4.98 Å². The SMILES string of the molecule is CC(=O)c1cn(C(C(=O)O)c2ccccc2)c(=O)[nH]c1=O. The Morgan fingerprint density at radius 1 is 1.19 bits per heavy atom. The predicted octanol–water partition coefficient (Wildman–Crippen LogP) is 0.413. The van der Waals surface area contributed by atoms with Crippen LogP contribution in [0.15, 0.2) is 46.1 Å². The van der Waals surface area contributed by atoms with Crippen molar-refractivity contribution in [3.63, 3.8) is 0 Å². The molecule has 1 heterocycles. The fraction of sp³-hybridized carbons (Fsp3) is 0.143. The number of carboxylic acids is 1. The number of ketones is 1. The molecule has 0 aliphatic carbocycles. The first-order valence-corrected chi connectivity index (χ1v) is 6.06. The van der Waals surface area contributed by atoms with Gasteiger partial charge < -0.3 is 5.11 Å². The summed E-state index contributed by atoms with van der Waals surface area (Å²) in [5, 5.41) is 9.37. The zero-order valence-electron chi connectivity index (χ0n) is 11.1. The third-order valence-electron chi connectivity index (χ3n) is 2.97. The molecular weight excluding hydrogens is 276 g/mol. The summed E-state index contributed by atoms with van der Waals surface area (Å²) in [4.78, 5) is 48.2. The summed E-state index contributed by atoms with van der Waals surface area (Å²) in [6.07, 6.45) is 0.981. The minimum absolute atomic E-state index is 0.267. The summed E-state index contributed by atoms with van der Waals surface area (Å²) in [6, 6.07) is 6.74. The minimum Gasteiger partial charge on any atom is -0.479 e. The third kappa shape index (κ3) is 2.81. The van der Waals surface area contributed by atoms with Gasteiger partial charge in [0, 0.05) is 6.20 Å². The van der Waals surface area contributed by atoms with Crippen LogP contribution in [0.25, 0.3) is 0 Å². The third-order valence-corrected chi connectivity index (χ3v) is 2.97. The van der Waals surface area contributed by atoms with Crippen molar-refractivity contribution in [1.82, 2.24) is 9.55 Å². The molecule has 1 aromatic carbocycles. The van der Waals surface area contributed by atoms with E-state index < -0.39 is 29.0 Å². The Kier molecular flexibility index (Phi) is 3.84. The molecule has 2 rings (SSSR count). The highest BCUT2D eigenvalue weighted by Crippen LogP contribution is 2.16. The van der Waals surface area contributed by atoms with Crippen LogP contribution in [0.3, 0.4) is 0 Å². The van der Waals surface area contributed by atoms with E-state index in [9.17, 15) is 24.3 Å². The molecule has 108 valence electrons. The van der Waals surface area contributed by atoms with Crippen LogP contribution >= 0.6 is 0 Å². The highest BCUT2D eigenvalue weighted by Gasteiger charge is 2.24. The quantitative estimate of drug-likeness (QED) is 0.792. The van der Waals surface area contributed by atoms with E-state index in [-0.39, 0.29) is 5.56 Å². The average molecular weight is 288 g/mol. The van der Waals surface area contributed by atoms with E-state index in [4.69, 9.17) is 0 Å². The Balaban J connectivity index is 2.70. The van der Waals surface area contributed by atoms with E-state index in [2.05, 4.69) is 0 Å². The number of hydrogen-bond acceptors (Lipinski definition) is 4. The molecule has 0 saturated carbocycles. The molecule has 0 saturated heterocycles. The molecular formula is C14H12N2O5. The monoisotopic (exact) mass is 288 g/mol. The van der Waals surface area contributed by atoms with Crippen LogP contribution in [0.5, 0.6) is 0 Å². The lowest BCUT2D eigenvalue weighted by Crippen LogP contribution is -2.37. The van der Waals surface area contributed by atoms with Gasteiger partial charge in [-0.2, -0.15) is 0 Å². The van der Waals surface area contributed by atoms with Crippen LogP contribution in [0, 0.1) is 0 Å². The van der Waals surface area contributed by atoms with E-state index in [1.165, 1.54) is 0 Å². The van der Waals surface area contributed by atoms with Crippen LogP contribution in [-0.4, -0.2) is 26.4 Å². The topological polar surface area (TPSA) is 109 Å². The van der Waals surface area contributed by atoms with Crippen molar-refractivity contribution < 1.29 is 14.7 Å². The number of aromatic amines is 1. The molecule has 1 atom stereocenters. The van der Waals surface area contributed by atoms with Crippen molar-refractivity contribution in [2.45, 2.75) is 13.0 Å². The van der Waals surface area contributed by atoms with Gasteiger partial charge in [0.15, 0.2) is 11.8 Å². The van der Waals surface area contributed by atoms with E-state index in [0.717, 1.165) is 17.7 Å². The van der Waals surface area contributed by atoms with E-state index >= 15 is 0 Å². The van der Waals surface area contributed by atoms with E-state index in [0.29, 0.717) is 5.56 Å². The summed E-state index contributed by atoms with van der Waals surface area (Å²) >= 11 is 0. The van der Waals surface area contributed by atoms with Crippen molar-refractivity contribution in [3.05, 3.63) is 68.5 Å². The molecule has 0 aliphatic heterocycles. The fourth-order valence-corrected chi connectivity index (χ4v) is 1.99. The summed E-state index contributed by atoms with van der Waals surface area (Å²) in [5.74, 6) is -1.83. The maximum atomic E-state index is 11.9. The maximum Gasteiger partial charge on any atom is 0.331 e. The van der Waals surface area contributed by atoms with Crippen molar-refractivity contribution in [2.24, 2.45) is 0 Å². The van der Waals surface area contributed by atoms with Gasteiger partial charge in [-0.1, -0.05) is 30.3 Å². The lowest BCUT2D eigenvalue weighted by Gasteiger charge is -2.16. The highest BCUT2D eigenvalue weighted by molar-refractivity contribution is 5.93. The van der Waals surface area contributed by atoms with Gasteiger partial charge in [0.1, 0.15) is 0 Å². The lowest BCUT2D eigenvalue weighted by atomic mass is 10.1. The smallest absolute Gasteiger partial charge is 0.331 e. The molecule has 0 spiro atoms. The molecule has 0 radical (unpaired) electrons. The Labute approximate surface area is 118 Å². The van der Waals surface area contributed by atoms with E-state index in [1.54, 1.807) is 30.3 Å². The number of H-pyrrole nitrogens is 1. The standard InChI is InChI=1S/C14H12N2O5/c1-8(17)10-7-16(14(21)15-12(10)18)11(13(19)20)9-5-3-2-4-6-9/h2-7,11H,1H3,(H,19,20)(H,15,18,21). The number of benzene rings is 1. The molecule has 0 fully saturated rings. The van der Waals surface area contributed by atoms with Gasteiger partial charge in [-0.05, 0) is 12.5 Å². The number of Topliss-reactive ketones (excluding diaryl/α,β-unsaturated/α-hetero) is 1. The van der Waals surface area contributed by atoms with Crippen molar-refractivity contribution in [3.8, 4) is 0 Å². The van der Waals surface area contributed by atoms with Gasteiger partial charge in [-0.3, -0.25) is 19.1 Å². The van der Waals surface area contributed by atoms with Gasteiger partial charge in [0.2, 0.25) is 0 Å². The van der Waals surface area contributed by atoms with Crippen LogP contribution < -0.4 is 11.2 Å². The molecule has 1 unspecified atom stereocenters. The molecule has 1 aromatic heterocycles. The average Bonchev–Trinajstić information content (AvgIpc) is 2.42. The van der Waals surface area contributed by atoms with Gasteiger partial charge in [-0.15, -0.1) is 0 Å². The molecule has 0 aliphatic rings. The second-order valence-electron chi connectivity index (χ2n) is 4.42. The zero-order chi connectivity index (χ0) is 15.6. The number of aromatic nitrogens is 2. The van der Waals surface area contributed by atoms with Crippen LogP contribution in [0.4, 0.5) is 0 Å². The molecule has 2 aromatic rings. The second kappa shape index (κ2) is 5.58. The van der Waals surface area contributed by atoms with Gasteiger partial charge >= 0.3 is 11.7 Å². The molecule has 21 heavy (non-hydrogen) atoms. The first-order chi connectivity index (χ1) is 9.91. The molecule has 7 heteroatoms. The summed E-state index contributed by atoms with van der Waals surface area (Å²) < 4.78 is 0.829. The lowest BCUT2D eigenvalue weighted by molar-refractivity contribution is -0.139. The van der Waals surface area contributed by atoms with Crippen LogP contribution in [0.2, 0.25) is 0 Å². The van der Waals surface area contributed by atoms with Gasteiger partial charge in [0.25, 0.3) is 5.56 Å². The van der Waals surface area contributed by atoms with Gasteiger partial charge in [-0.25, -0.2) is 9.59 Å². The predicted molar refractivity (Wildman–Crippen MR) is 73.5 cm³/mol. The maximum absolute atomic E-state index is 11.9. The van der Waals surface area contributed by atoms with Crippen molar-refractivity contribution >= 4 is 11.8 Å². The Morgan fingerprint density at radius 3 is 2.33 bits per heavy atom. The number of rotatable bonds is 4. The molecule has 2 N–H and O–H groups in total. The first kappa shape index (κ1) is 14.4. The molecule has 0 amide bonds. The number of nitrogens with one attached hydrogen (secondary N) is 1. The van der Waals surface area contributed by atoms with Crippen LogP contribution in [-0.2, 0) is 4.79 Å². The summed E-state index contributed by atoms with van der Waals surface area (Å²) in [5.41, 5.74) is -1.63.